The molecule has 0 aliphatic carbocycles. The van der Waals surface area contributed by atoms with Crippen molar-refractivity contribution < 1.29 is 12.8 Å². The van der Waals surface area contributed by atoms with Gasteiger partial charge in [0.15, 0.2) is 0 Å². The zero-order valence-corrected chi connectivity index (χ0v) is 13.6. The molecule has 2 rings (SSSR count). The summed E-state index contributed by atoms with van der Waals surface area (Å²) in [5, 5.41) is 6.89. The summed E-state index contributed by atoms with van der Waals surface area (Å²) in [4.78, 5) is -0.0158. The summed E-state index contributed by atoms with van der Waals surface area (Å²) in [7, 11) is -2.08. The largest absolute Gasteiger partial charge is 0.318 e. The molecule has 0 saturated heterocycles. The van der Waals surface area contributed by atoms with Gasteiger partial charge >= 0.3 is 0 Å². The third-order valence-corrected chi connectivity index (χ3v) is 4.50. The lowest BCUT2D eigenvalue weighted by Gasteiger charge is -2.07. The number of hydrogen-bond acceptors (Lipinski definition) is 4. The molecule has 21 heavy (non-hydrogen) atoms. The number of nitrogens with one attached hydrogen (secondary N) is 2. The van der Waals surface area contributed by atoms with Gasteiger partial charge in [0.1, 0.15) is 10.7 Å². The van der Waals surface area contributed by atoms with E-state index in [1.165, 1.54) is 35.3 Å². The van der Waals surface area contributed by atoms with E-state index in [0.29, 0.717) is 17.6 Å². The molecule has 0 spiro atoms. The number of anilines is 1. The molecule has 1 heterocycles. The van der Waals surface area contributed by atoms with Crippen LogP contribution in [0.3, 0.4) is 0 Å². The van der Waals surface area contributed by atoms with E-state index in [1.54, 1.807) is 7.05 Å². The molecule has 0 saturated carbocycles. The highest BCUT2D eigenvalue weighted by Crippen LogP contribution is 2.23. The molecule has 1 aromatic carbocycles. The van der Waals surface area contributed by atoms with Gasteiger partial charge in [-0.25, -0.2) is 12.8 Å². The van der Waals surface area contributed by atoms with Gasteiger partial charge in [-0.05, 0) is 25.2 Å². The Morgan fingerprint density at radius 1 is 1.43 bits per heavy atom. The Kier molecular flexibility index (Phi) is 4.96. The summed E-state index contributed by atoms with van der Waals surface area (Å²) in [6.07, 6.45) is 2.63. The van der Waals surface area contributed by atoms with Crippen LogP contribution in [0.25, 0.3) is 0 Å². The summed E-state index contributed by atoms with van der Waals surface area (Å²) in [5.41, 5.74) is -0.118. The minimum absolute atomic E-state index is 0.0158. The smallest absolute Gasteiger partial charge is 0.265 e. The third kappa shape index (κ3) is 4.02. The van der Waals surface area contributed by atoms with Crippen molar-refractivity contribution in [2.45, 2.75) is 11.4 Å². The lowest BCUT2D eigenvalue weighted by molar-refractivity contribution is 0.582. The standard InChI is InChI=1S/C12H14BrFN4O2S/c1-15-4-5-18-8-10(7-16-18)21(19,20)17-12-6-9(13)2-3-11(12)14/h2-3,6-8,15,17H,4-5H2,1H3. The zero-order chi connectivity index (χ0) is 15.5. The van der Waals surface area contributed by atoms with Crippen LogP contribution in [-0.2, 0) is 16.6 Å². The minimum Gasteiger partial charge on any atom is -0.318 e. The Bertz CT molecular complexity index is 733. The number of hydrogen-bond donors (Lipinski definition) is 2. The molecule has 2 N–H and O–H groups in total. The molecule has 0 unspecified atom stereocenters. The molecule has 114 valence electrons. The Morgan fingerprint density at radius 3 is 2.90 bits per heavy atom. The summed E-state index contributed by atoms with van der Waals surface area (Å²) >= 11 is 3.17. The zero-order valence-electron chi connectivity index (χ0n) is 11.2. The Hall–Kier alpha value is -1.45. The maximum absolute atomic E-state index is 13.6. The van der Waals surface area contributed by atoms with Crippen LogP contribution in [0.4, 0.5) is 10.1 Å². The molecule has 1 aromatic heterocycles. The van der Waals surface area contributed by atoms with Gasteiger partial charge < -0.3 is 5.32 Å². The molecule has 0 aliphatic heterocycles. The van der Waals surface area contributed by atoms with E-state index in [4.69, 9.17) is 0 Å². The van der Waals surface area contributed by atoms with Crippen molar-refractivity contribution in [2.24, 2.45) is 0 Å². The van der Waals surface area contributed by atoms with Crippen LogP contribution in [-0.4, -0.2) is 31.8 Å². The van der Waals surface area contributed by atoms with Crippen molar-refractivity contribution in [2.75, 3.05) is 18.3 Å². The average Bonchev–Trinajstić information content (AvgIpc) is 2.90. The maximum Gasteiger partial charge on any atom is 0.265 e. The first-order valence-electron chi connectivity index (χ1n) is 6.07. The van der Waals surface area contributed by atoms with Gasteiger partial charge in [-0.2, -0.15) is 5.10 Å². The van der Waals surface area contributed by atoms with E-state index in [2.05, 4.69) is 31.1 Å². The summed E-state index contributed by atoms with van der Waals surface area (Å²) < 4.78 is 42.3. The Morgan fingerprint density at radius 2 is 2.19 bits per heavy atom. The number of aromatic nitrogens is 2. The monoisotopic (exact) mass is 376 g/mol. The van der Waals surface area contributed by atoms with Gasteiger partial charge in [0.2, 0.25) is 0 Å². The van der Waals surface area contributed by atoms with E-state index in [-0.39, 0.29) is 10.6 Å². The highest BCUT2D eigenvalue weighted by molar-refractivity contribution is 9.10. The van der Waals surface area contributed by atoms with Gasteiger partial charge in [-0.3, -0.25) is 9.40 Å². The van der Waals surface area contributed by atoms with Gasteiger partial charge in [0.25, 0.3) is 10.0 Å². The molecule has 0 aliphatic rings. The number of sulfonamides is 1. The van der Waals surface area contributed by atoms with Crippen LogP contribution >= 0.6 is 15.9 Å². The van der Waals surface area contributed by atoms with E-state index in [0.717, 1.165) is 0 Å². The first-order chi connectivity index (χ1) is 9.92. The van der Waals surface area contributed by atoms with Crippen molar-refractivity contribution in [3.63, 3.8) is 0 Å². The van der Waals surface area contributed by atoms with Crippen LogP contribution in [0, 0.1) is 5.82 Å². The highest BCUT2D eigenvalue weighted by atomic mass is 79.9. The van der Waals surface area contributed by atoms with Crippen molar-refractivity contribution in [3.05, 3.63) is 40.9 Å². The average molecular weight is 377 g/mol. The molecule has 0 amide bonds. The van der Waals surface area contributed by atoms with Gasteiger partial charge in [-0.1, -0.05) is 15.9 Å². The van der Waals surface area contributed by atoms with Crippen LogP contribution in [0.15, 0.2) is 40.0 Å². The summed E-state index contributed by atoms with van der Waals surface area (Å²) in [6, 6.07) is 4.03. The summed E-state index contributed by atoms with van der Waals surface area (Å²) in [6.45, 7) is 1.20. The minimum atomic E-state index is -3.87. The van der Waals surface area contributed by atoms with Crippen molar-refractivity contribution in [1.82, 2.24) is 15.1 Å². The van der Waals surface area contributed by atoms with E-state index < -0.39 is 15.8 Å². The number of benzene rings is 1. The topological polar surface area (TPSA) is 76.0 Å². The fourth-order valence-electron chi connectivity index (χ4n) is 1.61. The molecule has 2 aromatic rings. The number of likely N-dealkylation sites (N-methyl/N-ethyl adjacent to an activating group) is 1. The van der Waals surface area contributed by atoms with Crippen LogP contribution in [0.2, 0.25) is 0 Å². The quantitative estimate of drug-likeness (QED) is 0.805. The number of nitrogens with zero attached hydrogens (tertiary/aromatic N) is 2. The lowest BCUT2D eigenvalue weighted by atomic mass is 10.3. The predicted molar refractivity (Wildman–Crippen MR) is 81.1 cm³/mol. The second-order valence-electron chi connectivity index (χ2n) is 4.27. The van der Waals surface area contributed by atoms with Gasteiger partial charge in [0, 0.05) is 17.2 Å². The first kappa shape index (κ1) is 15.9. The second-order valence-corrected chi connectivity index (χ2v) is 6.87. The van der Waals surface area contributed by atoms with Crippen molar-refractivity contribution >= 4 is 31.6 Å². The fourth-order valence-corrected chi connectivity index (χ4v) is 2.98. The van der Waals surface area contributed by atoms with E-state index in [9.17, 15) is 12.8 Å². The van der Waals surface area contributed by atoms with E-state index in [1.807, 2.05) is 0 Å². The SMILES string of the molecule is CNCCn1cc(S(=O)(=O)Nc2cc(Br)ccc2F)cn1. The van der Waals surface area contributed by atoms with Crippen LogP contribution in [0.5, 0.6) is 0 Å². The third-order valence-electron chi connectivity index (χ3n) is 2.68. The summed E-state index contributed by atoms with van der Waals surface area (Å²) in [5.74, 6) is -0.649. The van der Waals surface area contributed by atoms with Crippen molar-refractivity contribution in [1.29, 1.82) is 0 Å². The van der Waals surface area contributed by atoms with Gasteiger partial charge in [0.05, 0.1) is 18.4 Å². The predicted octanol–water partition coefficient (Wildman–Crippen LogP) is 1.80. The number of halogens is 2. The normalized spacial score (nSPS) is 11.6. The molecule has 0 fully saturated rings. The molecular formula is C12H14BrFN4O2S. The molecule has 0 radical (unpaired) electrons. The Balaban J connectivity index is 2.22. The molecule has 9 heteroatoms. The first-order valence-corrected chi connectivity index (χ1v) is 8.35. The van der Waals surface area contributed by atoms with Gasteiger partial charge in [-0.15, -0.1) is 0 Å². The maximum atomic E-state index is 13.6. The molecule has 6 nitrogen and oxygen atoms in total. The van der Waals surface area contributed by atoms with Crippen molar-refractivity contribution in [3.8, 4) is 0 Å². The van der Waals surface area contributed by atoms with Crippen LogP contribution < -0.4 is 10.0 Å². The fraction of sp³-hybridized carbons (Fsp3) is 0.250. The number of rotatable bonds is 6. The molecule has 0 atom stereocenters. The highest BCUT2D eigenvalue weighted by Gasteiger charge is 2.18. The Labute approximate surface area is 130 Å². The second kappa shape index (κ2) is 6.54. The van der Waals surface area contributed by atoms with E-state index >= 15 is 0 Å². The lowest BCUT2D eigenvalue weighted by Crippen LogP contribution is -2.15. The molecular weight excluding hydrogens is 363 g/mol. The van der Waals surface area contributed by atoms with Crippen LogP contribution in [0.1, 0.15) is 0 Å². The molecule has 0 bridgehead atoms.